The summed E-state index contributed by atoms with van der Waals surface area (Å²) >= 11 is 5.97. The van der Waals surface area contributed by atoms with Crippen LogP contribution in [-0.4, -0.2) is 5.91 Å². The Kier molecular flexibility index (Phi) is 2.94. The summed E-state index contributed by atoms with van der Waals surface area (Å²) in [5, 5.41) is 0.733. The molecule has 16 heavy (non-hydrogen) atoms. The van der Waals surface area contributed by atoms with Gasteiger partial charge < -0.3 is 5.73 Å². The number of allylic oxidation sites excluding steroid dienone is 6. The lowest BCUT2D eigenvalue weighted by molar-refractivity contribution is -0.118. The molecule has 0 radical (unpaired) electrons. The molecule has 0 heterocycles. The molecule has 0 aromatic rings. The minimum absolute atomic E-state index is 0.0214. The minimum atomic E-state index is -0.214. The van der Waals surface area contributed by atoms with Crippen molar-refractivity contribution >= 4 is 17.5 Å². The molecule has 0 aliphatic heterocycles. The van der Waals surface area contributed by atoms with Gasteiger partial charge in [-0.15, -0.1) is 0 Å². The standard InChI is InChI=1S/C13H16ClNO/c1-9-2-3-10(14)4-5-11(9)13(6-7-13)8-12(15)16/h2-5,9H,6-8H2,1H3,(H2,15,16)/t9-/m1/s1. The maximum Gasteiger partial charge on any atom is 0.218 e. The molecule has 3 heteroatoms. The number of hydrogen-bond donors (Lipinski definition) is 1. The number of nitrogens with two attached hydrogens (primary N) is 1. The number of rotatable bonds is 3. The predicted molar refractivity (Wildman–Crippen MR) is 65.8 cm³/mol. The van der Waals surface area contributed by atoms with Gasteiger partial charge in [-0.05, 0) is 30.9 Å². The van der Waals surface area contributed by atoms with Crippen molar-refractivity contribution < 1.29 is 4.79 Å². The number of primary amides is 1. The summed E-state index contributed by atoms with van der Waals surface area (Å²) in [6.45, 7) is 2.13. The maximum atomic E-state index is 11.1. The van der Waals surface area contributed by atoms with E-state index in [1.54, 1.807) is 0 Å². The summed E-state index contributed by atoms with van der Waals surface area (Å²) in [7, 11) is 0. The highest BCUT2D eigenvalue weighted by Crippen LogP contribution is 2.57. The monoisotopic (exact) mass is 237 g/mol. The second-order valence-electron chi connectivity index (χ2n) is 4.74. The fourth-order valence-electron chi connectivity index (χ4n) is 2.43. The van der Waals surface area contributed by atoms with Crippen LogP contribution in [0, 0.1) is 11.3 Å². The molecule has 2 N–H and O–H groups in total. The molecule has 0 bridgehead atoms. The van der Waals surface area contributed by atoms with Gasteiger partial charge >= 0.3 is 0 Å². The van der Waals surface area contributed by atoms with Gasteiger partial charge in [0, 0.05) is 16.9 Å². The molecular weight excluding hydrogens is 222 g/mol. The van der Waals surface area contributed by atoms with Gasteiger partial charge in [0.15, 0.2) is 0 Å². The predicted octanol–water partition coefficient (Wildman–Crippen LogP) is 2.90. The second-order valence-corrected chi connectivity index (χ2v) is 5.18. The Morgan fingerprint density at radius 2 is 2.25 bits per heavy atom. The first-order valence-corrected chi connectivity index (χ1v) is 5.96. The van der Waals surface area contributed by atoms with E-state index in [9.17, 15) is 4.79 Å². The number of carbonyl (C=O) groups excluding carboxylic acids is 1. The summed E-state index contributed by atoms with van der Waals surface area (Å²) in [6.07, 6.45) is 10.5. The molecule has 2 nitrogen and oxygen atoms in total. The zero-order chi connectivity index (χ0) is 11.8. The quantitative estimate of drug-likeness (QED) is 0.806. The molecule has 0 aromatic heterocycles. The molecule has 0 unspecified atom stereocenters. The lowest BCUT2D eigenvalue weighted by Crippen LogP contribution is -2.20. The smallest absolute Gasteiger partial charge is 0.218 e. The van der Waals surface area contributed by atoms with Crippen LogP contribution in [0.15, 0.2) is 34.9 Å². The van der Waals surface area contributed by atoms with Gasteiger partial charge in [0.05, 0.1) is 0 Å². The van der Waals surface area contributed by atoms with Gasteiger partial charge in [-0.25, -0.2) is 0 Å². The number of halogens is 1. The SMILES string of the molecule is C[C@@H]1C=CC(Cl)=CC=C1C1(CC(N)=O)CC1. The maximum absolute atomic E-state index is 11.1. The summed E-state index contributed by atoms with van der Waals surface area (Å²) < 4.78 is 0. The van der Waals surface area contributed by atoms with Gasteiger partial charge in [0.2, 0.25) is 5.91 Å². The van der Waals surface area contributed by atoms with Gasteiger partial charge in [0.1, 0.15) is 0 Å². The van der Waals surface area contributed by atoms with Crippen molar-refractivity contribution in [3.05, 3.63) is 34.9 Å². The molecule has 0 saturated heterocycles. The Morgan fingerprint density at radius 3 is 2.81 bits per heavy atom. The van der Waals surface area contributed by atoms with Crippen molar-refractivity contribution in [2.45, 2.75) is 26.2 Å². The lowest BCUT2D eigenvalue weighted by Gasteiger charge is -2.21. The molecule has 0 aromatic carbocycles. The second kappa shape index (κ2) is 4.10. The van der Waals surface area contributed by atoms with Crippen LogP contribution in [0.5, 0.6) is 0 Å². The first-order valence-electron chi connectivity index (χ1n) is 5.58. The molecule has 1 fully saturated rings. The summed E-state index contributed by atoms with van der Waals surface area (Å²) in [5.41, 5.74) is 6.62. The zero-order valence-corrected chi connectivity index (χ0v) is 10.1. The fraction of sp³-hybridized carbons (Fsp3) is 0.462. The normalized spacial score (nSPS) is 26.8. The topological polar surface area (TPSA) is 43.1 Å². The van der Waals surface area contributed by atoms with Crippen LogP contribution in [-0.2, 0) is 4.79 Å². The third-order valence-corrected chi connectivity index (χ3v) is 3.69. The van der Waals surface area contributed by atoms with E-state index in [-0.39, 0.29) is 11.3 Å². The summed E-state index contributed by atoms with van der Waals surface area (Å²) in [4.78, 5) is 11.1. The van der Waals surface area contributed by atoms with E-state index in [2.05, 4.69) is 19.1 Å². The van der Waals surface area contributed by atoms with Crippen LogP contribution in [0.1, 0.15) is 26.2 Å². The zero-order valence-electron chi connectivity index (χ0n) is 9.37. The largest absolute Gasteiger partial charge is 0.370 e. The van der Waals surface area contributed by atoms with E-state index in [1.807, 2.05) is 12.2 Å². The number of hydrogen-bond acceptors (Lipinski definition) is 1. The van der Waals surface area contributed by atoms with E-state index in [0.29, 0.717) is 12.3 Å². The van der Waals surface area contributed by atoms with Crippen LogP contribution >= 0.6 is 11.6 Å². The van der Waals surface area contributed by atoms with Crippen molar-refractivity contribution in [2.75, 3.05) is 0 Å². The van der Waals surface area contributed by atoms with Gasteiger partial charge in [-0.2, -0.15) is 0 Å². The minimum Gasteiger partial charge on any atom is -0.370 e. The van der Waals surface area contributed by atoms with Gasteiger partial charge in [-0.3, -0.25) is 4.79 Å². The average Bonchev–Trinajstić information content (AvgIpc) is 2.94. The van der Waals surface area contributed by atoms with Crippen LogP contribution in [0.25, 0.3) is 0 Å². The third-order valence-electron chi connectivity index (χ3n) is 3.44. The molecular formula is C13H16ClNO. The first-order chi connectivity index (χ1) is 7.53. The molecule has 1 saturated carbocycles. The van der Waals surface area contributed by atoms with Crippen molar-refractivity contribution in [1.82, 2.24) is 0 Å². The van der Waals surface area contributed by atoms with E-state index in [0.717, 1.165) is 17.9 Å². The molecule has 2 aliphatic carbocycles. The van der Waals surface area contributed by atoms with Crippen LogP contribution < -0.4 is 5.73 Å². The molecule has 1 amide bonds. The van der Waals surface area contributed by atoms with E-state index in [4.69, 9.17) is 17.3 Å². The highest BCUT2D eigenvalue weighted by molar-refractivity contribution is 6.31. The average molecular weight is 238 g/mol. The Morgan fingerprint density at radius 1 is 1.56 bits per heavy atom. The first kappa shape index (κ1) is 11.5. The Hall–Kier alpha value is -1.02. The molecule has 86 valence electrons. The number of carbonyl (C=O) groups is 1. The van der Waals surface area contributed by atoms with Crippen LogP contribution in [0.2, 0.25) is 0 Å². The number of amides is 1. The van der Waals surface area contributed by atoms with Crippen molar-refractivity contribution in [3.8, 4) is 0 Å². The molecule has 1 atom stereocenters. The Labute approximate surface area is 101 Å². The third kappa shape index (κ3) is 2.22. The van der Waals surface area contributed by atoms with Crippen molar-refractivity contribution in [1.29, 1.82) is 0 Å². The van der Waals surface area contributed by atoms with E-state index < -0.39 is 0 Å². The van der Waals surface area contributed by atoms with E-state index in [1.165, 1.54) is 5.57 Å². The van der Waals surface area contributed by atoms with Crippen molar-refractivity contribution in [2.24, 2.45) is 17.1 Å². The van der Waals surface area contributed by atoms with Crippen LogP contribution in [0.4, 0.5) is 0 Å². The Bertz CT molecular complexity index is 402. The highest BCUT2D eigenvalue weighted by Gasteiger charge is 2.47. The fourth-order valence-corrected chi connectivity index (χ4v) is 2.56. The summed E-state index contributed by atoms with van der Waals surface area (Å²) in [6, 6.07) is 0. The lowest BCUT2D eigenvalue weighted by atomic mass is 9.83. The molecule has 2 aliphatic rings. The highest BCUT2D eigenvalue weighted by atomic mass is 35.5. The van der Waals surface area contributed by atoms with Gasteiger partial charge in [0.25, 0.3) is 0 Å². The molecule has 0 spiro atoms. The van der Waals surface area contributed by atoms with E-state index >= 15 is 0 Å². The van der Waals surface area contributed by atoms with Gasteiger partial charge in [-0.1, -0.05) is 36.2 Å². The summed E-state index contributed by atoms with van der Waals surface area (Å²) in [5.74, 6) is 0.114. The Balaban J connectivity index is 2.26. The van der Waals surface area contributed by atoms with Crippen LogP contribution in [0.3, 0.4) is 0 Å². The van der Waals surface area contributed by atoms with Crippen molar-refractivity contribution in [3.63, 3.8) is 0 Å². The molecule has 2 rings (SSSR count).